The Morgan fingerprint density at radius 3 is 2.58 bits per heavy atom. The number of ether oxygens (including phenoxy) is 2. The molecule has 1 amide bonds. The average Bonchev–Trinajstić information content (AvgIpc) is 2.80. The number of nitro benzene ring substituents is 1. The Kier molecular flexibility index (Phi) is 7.75. The molecule has 0 radical (unpaired) electrons. The van der Waals surface area contributed by atoms with Gasteiger partial charge in [0.25, 0.3) is 5.69 Å². The molecule has 3 rings (SSSR count). The minimum absolute atomic E-state index is 0.0699. The molecule has 0 unspecified atom stereocenters. The summed E-state index contributed by atoms with van der Waals surface area (Å²) in [7, 11) is 0. The Labute approximate surface area is 181 Å². The van der Waals surface area contributed by atoms with Crippen molar-refractivity contribution in [3.8, 4) is 5.75 Å². The summed E-state index contributed by atoms with van der Waals surface area (Å²) in [5.41, 5.74) is 3.28. The van der Waals surface area contributed by atoms with E-state index in [1.807, 2.05) is 12.1 Å². The molecule has 2 aromatic carbocycles. The van der Waals surface area contributed by atoms with Crippen molar-refractivity contribution in [3.63, 3.8) is 0 Å². The first-order valence-electron chi connectivity index (χ1n) is 10.4. The van der Waals surface area contributed by atoms with Crippen molar-refractivity contribution in [3.05, 3.63) is 74.8 Å². The van der Waals surface area contributed by atoms with Crippen LogP contribution in [0.4, 0.5) is 5.69 Å². The number of carbonyl (C=O) groups is 1. The van der Waals surface area contributed by atoms with Crippen LogP contribution in [0, 0.1) is 10.1 Å². The first kappa shape index (κ1) is 22.5. The van der Waals surface area contributed by atoms with E-state index in [-0.39, 0.29) is 25.0 Å². The lowest BCUT2D eigenvalue weighted by Crippen LogP contribution is -3.10. The molecule has 0 aliphatic carbocycles. The van der Waals surface area contributed by atoms with Crippen molar-refractivity contribution in [2.45, 2.75) is 33.5 Å². The maximum Gasteiger partial charge on any atom is 0.270 e. The van der Waals surface area contributed by atoms with E-state index in [9.17, 15) is 14.9 Å². The van der Waals surface area contributed by atoms with Gasteiger partial charge in [-0.3, -0.25) is 14.9 Å². The maximum absolute atomic E-state index is 12.3. The third-order valence-corrected chi connectivity index (χ3v) is 5.29. The number of nitrogens with zero attached hydrogens (tertiary/aromatic N) is 1. The van der Waals surface area contributed by atoms with Crippen LogP contribution in [0.25, 0.3) is 6.08 Å². The van der Waals surface area contributed by atoms with Gasteiger partial charge in [0.2, 0.25) is 5.91 Å². The van der Waals surface area contributed by atoms with Gasteiger partial charge in [-0.1, -0.05) is 24.3 Å². The SMILES string of the molecule is CC[NH+](CC)Cc1ccc(CNC(=O)/C=C/c2cc([N+](=O)[O-])cc3c2OCOC3)cc1. The van der Waals surface area contributed by atoms with E-state index in [1.54, 1.807) is 0 Å². The van der Waals surface area contributed by atoms with Crippen LogP contribution in [0.2, 0.25) is 0 Å². The topological polar surface area (TPSA) is 95.1 Å². The summed E-state index contributed by atoms with van der Waals surface area (Å²) < 4.78 is 10.7. The second-order valence-electron chi connectivity index (χ2n) is 7.39. The number of quaternary nitrogens is 1. The molecule has 1 aliphatic rings. The zero-order chi connectivity index (χ0) is 22.2. The summed E-state index contributed by atoms with van der Waals surface area (Å²) in [6.07, 6.45) is 2.89. The van der Waals surface area contributed by atoms with E-state index in [0.717, 1.165) is 25.2 Å². The van der Waals surface area contributed by atoms with Gasteiger partial charge in [-0.05, 0) is 25.5 Å². The van der Waals surface area contributed by atoms with E-state index in [2.05, 4.69) is 31.3 Å². The fourth-order valence-corrected chi connectivity index (χ4v) is 3.44. The fourth-order valence-electron chi connectivity index (χ4n) is 3.44. The molecule has 164 valence electrons. The van der Waals surface area contributed by atoms with Crippen LogP contribution in [0.5, 0.6) is 5.75 Å². The first-order chi connectivity index (χ1) is 15.0. The normalized spacial score (nSPS) is 13.1. The van der Waals surface area contributed by atoms with Crippen LogP contribution in [0.3, 0.4) is 0 Å². The fraction of sp³-hybridized carbons (Fsp3) is 0.348. The van der Waals surface area contributed by atoms with Gasteiger partial charge in [0.05, 0.1) is 24.6 Å². The highest BCUT2D eigenvalue weighted by molar-refractivity contribution is 5.92. The Balaban J connectivity index is 1.61. The predicted molar refractivity (Wildman–Crippen MR) is 116 cm³/mol. The Morgan fingerprint density at radius 2 is 1.90 bits per heavy atom. The summed E-state index contributed by atoms with van der Waals surface area (Å²) in [6, 6.07) is 11.1. The molecule has 1 aliphatic heterocycles. The van der Waals surface area contributed by atoms with Crippen molar-refractivity contribution < 1.29 is 24.1 Å². The number of amides is 1. The summed E-state index contributed by atoms with van der Waals surface area (Å²) in [4.78, 5) is 24.5. The number of benzene rings is 2. The molecule has 2 aromatic rings. The van der Waals surface area contributed by atoms with Crippen molar-refractivity contribution in [1.82, 2.24) is 5.32 Å². The van der Waals surface area contributed by atoms with Crippen molar-refractivity contribution in [1.29, 1.82) is 0 Å². The third-order valence-electron chi connectivity index (χ3n) is 5.29. The van der Waals surface area contributed by atoms with Crippen molar-refractivity contribution in [2.75, 3.05) is 19.9 Å². The average molecular weight is 426 g/mol. The highest BCUT2D eigenvalue weighted by atomic mass is 16.7. The summed E-state index contributed by atoms with van der Waals surface area (Å²) in [5.74, 6) is 0.218. The Morgan fingerprint density at radius 1 is 1.19 bits per heavy atom. The van der Waals surface area contributed by atoms with E-state index >= 15 is 0 Å². The van der Waals surface area contributed by atoms with Crippen LogP contribution in [-0.2, 0) is 29.2 Å². The van der Waals surface area contributed by atoms with Crippen LogP contribution < -0.4 is 15.0 Å². The molecule has 1 heterocycles. The molecular weight excluding hydrogens is 398 g/mol. The van der Waals surface area contributed by atoms with Gasteiger partial charge in [0.15, 0.2) is 6.79 Å². The Hall–Kier alpha value is -3.23. The van der Waals surface area contributed by atoms with Gasteiger partial charge < -0.3 is 19.7 Å². The smallest absolute Gasteiger partial charge is 0.270 e. The predicted octanol–water partition coefficient (Wildman–Crippen LogP) is 2.22. The van der Waals surface area contributed by atoms with E-state index < -0.39 is 4.92 Å². The number of nitro groups is 1. The van der Waals surface area contributed by atoms with E-state index in [1.165, 1.54) is 34.7 Å². The molecule has 0 aromatic heterocycles. The molecule has 8 nitrogen and oxygen atoms in total. The highest BCUT2D eigenvalue weighted by Crippen LogP contribution is 2.33. The summed E-state index contributed by atoms with van der Waals surface area (Å²) in [6.45, 7) is 8.24. The van der Waals surface area contributed by atoms with Crippen molar-refractivity contribution >= 4 is 17.7 Å². The monoisotopic (exact) mass is 426 g/mol. The minimum atomic E-state index is -0.475. The van der Waals surface area contributed by atoms with Gasteiger partial charge in [-0.2, -0.15) is 0 Å². The standard InChI is InChI=1S/C23H27N3O5/c1-3-25(4-2)14-18-7-5-17(6-8-18)13-24-22(27)10-9-19-11-21(26(28)29)12-20-15-30-16-31-23(19)20/h5-12H,3-4,13-16H2,1-2H3,(H,24,27)/p+1/b10-9+. The Bertz CT molecular complexity index is 952. The van der Waals surface area contributed by atoms with Crippen molar-refractivity contribution in [2.24, 2.45) is 0 Å². The molecule has 31 heavy (non-hydrogen) atoms. The van der Waals surface area contributed by atoms with Gasteiger partial charge in [0.1, 0.15) is 12.3 Å². The highest BCUT2D eigenvalue weighted by Gasteiger charge is 2.19. The second-order valence-corrected chi connectivity index (χ2v) is 7.39. The number of fused-ring (bicyclic) bond motifs is 1. The molecular formula is C23H28N3O5+. The number of nitrogens with one attached hydrogen (secondary N) is 2. The van der Waals surface area contributed by atoms with Gasteiger partial charge in [-0.25, -0.2) is 0 Å². The summed E-state index contributed by atoms with van der Waals surface area (Å²) in [5, 5.41) is 14.0. The van der Waals surface area contributed by atoms with E-state index in [4.69, 9.17) is 9.47 Å². The van der Waals surface area contributed by atoms with E-state index in [0.29, 0.717) is 23.4 Å². The van der Waals surface area contributed by atoms with Crippen LogP contribution in [-0.4, -0.2) is 30.7 Å². The lowest BCUT2D eigenvalue weighted by molar-refractivity contribution is -0.910. The van der Waals surface area contributed by atoms with Crippen LogP contribution >= 0.6 is 0 Å². The number of carbonyl (C=O) groups excluding carboxylic acids is 1. The molecule has 2 N–H and O–H groups in total. The molecule has 8 heteroatoms. The van der Waals surface area contributed by atoms with Gasteiger partial charge >= 0.3 is 0 Å². The zero-order valence-electron chi connectivity index (χ0n) is 17.8. The van der Waals surface area contributed by atoms with Gasteiger partial charge in [0, 0.05) is 41.4 Å². The molecule has 0 fully saturated rings. The number of hydrogen-bond acceptors (Lipinski definition) is 5. The lowest BCUT2D eigenvalue weighted by atomic mass is 10.1. The molecule has 0 bridgehead atoms. The number of hydrogen-bond donors (Lipinski definition) is 2. The third kappa shape index (κ3) is 6.13. The minimum Gasteiger partial charge on any atom is -0.467 e. The largest absolute Gasteiger partial charge is 0.467 e. The van der Waals surface area contributed by atoms with Crippen LogP contribution in [0.15, 0.2) is 42.5 Å². The zero-order valence-corrected chi connectivity index (χ0v) is 17.8. The van der Waals surface area contributed by atoms with Gasteiger partial charge in [-0.15, -0.1) is 0 Å². The first-order valence-corrected chi connectivity index (χ1v) is 10.4. The second kappa shape index (κ2) is 10.7. The van der Waals surface area contributed by atoms with Crippen LogP contribution in [0.1, 0.15) is 36.1 Å². The number of non-ortho nitro benzene ring substituents is 1. The molecule has 0 spiro atoms. The summed E-state index contributed by atoms with van der Waals surface area (Å²) >= 11 is 0. The molecule has 0 atom stereocenters. The molecule has 0 saturated heterocycles. The number of rotatable bonds is 9. The lowest BCUT2D eigenvalue weighted by Gasteiger charge is -2.19. The quantitative estimate of drug-likeness (QED) is 0.364. The maximum atomic E-state index is 12.3. The molecule has 0 saturated carbocycles.